The Morgan fingerprint density at radius 3 is 2.47 bits per heavy atom. The molecule has 3 rings (SSSR count). The summed E-state index contributed by atoms with van der Waals surface area (Å²) in [6, 6.07) is 15.5. The molecule has 0 atom stereocenters. The zero-order valence-corrected chi connectivity index (χ0v) is 12.3. The van der Waals surface area contributed by atoms with Crippen LogP contribution in [0.15, 0.2) is 52.3 Å². The minimum Gasteiger partial charge on any atom is -0.372 e. The highest BCUT2D eigenvalue weighted by Crippen LogP contribution is 2.42. The second-order valence-corrected chi connectivity index (χ2v) is 5.90. The number of nitrogens with zero attached hydrogens (tertiary/aromatic N) is 1. The van der Waals surface area contributed by atoms with Gasteiger partial charge in [0.1, 0.15) is 0 Å². The maximum absolute atomic E-state index is 2.45. The van der Waals surface area contributed by atoms with Crippen LogP contribution < -0.4 is 4.90 Å². The van der Waals surface area contributed by atoms with Crippen molar-refractivity contribution in [2.45, 2.75) is 30.1 Å². The second-order valence-electron chi connectivity index (χ2n) is 4.81. The number of hydrogen-bond acceptors (Lipinski definition) is 2. The van der Waals surface area contributed by atoms with Gasteiger partial charge in [-0.2, -0.15) is 0 Å². The van der Waals surface area contributed by atoms with Crippen LogP contribution in [0.2, 0.25) is 0 Å². The average Bonchev–Trinajstić information content (AvgIpc) is 2.46. The molecule has 2 heteroatoms. The third-order valence-corrected chi connectivity index (χ3v) is 4.99. The number of rotatable bonds is 3. The van der Waals surface area contributed by atoms with Gasteiger partial charge in [-0.05, 0) is 43.2 Å². The van der Waals surface area contributed by atoms with Gasteiger partial charge in [-0.1, -0.05) is 36.0 Å². The van der Waals surface area contributed by atoms with E-state index in [1.807, 2.05) is 11.8 Å². The molecule has 0 saturated carbocycles. The molecule has 2 aromatic carbocycles. The Morgan fingerprint density at radius 1 is 0.947 bits per heavy atom. The third-order valence-electron chi connectivity index (χ3n) is 3.77. The number of hydrogen-bond donors (Lipinski definition) is 0. The van der Waals surface area contributed by atoms with Crippen LogP contribution in [0.25, 0.3) is 0 Å². The lowest BCUT2D eigenvalue weighted by Crippen LogP contribution is -2.23. The SMILES string of the molecule is CCN(CC)c1cccc2c1Cc1ccccc1S2. The first-order valence-corrected chi connectivity index (χ1v) is 7.77. The van der Waals surface area contributed by atoms with E-state index >= 15 is 0 Å². The molecule has 0 bridgehead atoms. The normalized spacial score (nSPS) is 12.7. The second kappa shape index (κ2) is 5.30. The molecular formula is C17H19NS. The monoisotopic (exact) mass is 269 g/mol. The quantitative estimate of drug-likeness (QED) is 0.684. The summed E-state index contributed by atoms with van der Waals surface area (Å²) in [4.78, 5) is 5.28. The predicted octanol–water partition coefficient (Wildman–Crippen LogP) is 4.59. The molecule has 0 saturated heterocycles. The van der Waals surface area contributed by atoms with E-state index in [2.05, 4.69) is 61.2 Å². The number of benzene rings is 2. The molecule has 2 aromatic rings. The Labute approximate surface area is 119 Å². The van der Waals surface area contributed by atoms with Crippen molar-refractivity contribution in [3.8, 4) is 0 Å². The molecule has 0 N–H and O–H groups in total. The maximum atomic E-state index is 2.45. The summed E-state index contributed by atoms with van der Waals surface area (Å²) < 4.78 is 0. The van der Waals surface area contributed by atoms with E-state index in [-0.39, 0.29) is 0 Å². The van der Waals surface area contributed by atoms with E-state index in [1.54, 1.807) is 0 Å². The van der Waals surface area contributed by atoms with Gasteiger partial charge < -0.3 is 4.90 Å². The average molecular weight is 269 g/mol. The number of fused-ring (bicyclic) bond motifs is 2. The smallest absolute Gasteiger partial charge is 0.0413 e. The molecule has 1 aliphatic heterocycles. The lowest BCUT2D eigenvalue weighted by atomic mass is 10.0. The fourth-order valence-electron chi connectivity index (χ4n) is 2.75. The summed E-state index contributed by atoms with van der Waals surface area (Å²) in [6.45, 7) is 6.60. The van der Waals surface area contributed by atoms with E-state index in [9.17, 15) is 0 Å². The fraction of sp³-hybridized carbons (Fsp3) is 0.294. The molecule has 1 aliphatic rings. The van der Waals surface area contributed by atoms with Gasteiger partial charge in [-0.15, -0.1) is 0 Å². The molecule has 0 aromatic heterocycles. The van der Waals surface area contributed by atoms with Crippen molar-refractivity contribution in [3.63, 3.8) is 0 Å². The van der Waals surface area contributed by atoms with Crippen LogP contribution in [0.1, 0.15) is 25.0 Å². The van der Waals surface area contributed by atoms with Crippen LogP contribution in [0.5, 0.6) is 0 Å². The molecule has 0 spiro atoms. The highest BCUT2D eigenvalue weighted by Gasteiger charge is 2.19. The lowest BCUT2D eigenvalue weighted by molar-refractivity contribution is 0.850. The Bertz CT molecular complexity index is 588. The van der Waals surface area contributed by atoms with E-state index < -0.39 is 0 Å². The minimum atomic E-state index is 1.06. The van der Waals surface area contributed by atoms with Gasteiger partial charge in [-0.3, -0.25) is 0 Å². The molecule has 0 amide bonds. The van der Waals surface area contributed by atoms with Crippen LogP contribution in [0.3, 0.4) is 0 Å². The topological polar surface area (TPSA) is 3.24 Å². The Kier molecular flexibility index (Phi) is 3.52. The van der Waals surface area contributed by atoms with Crippen LogP contribution >= 0.6 is 11.8 Å². The molecule has 0 unspecified atom stereocenters. The zero-order chi connectivity index (χ0) is 13.2. The molecule has 1 nitrogen and oxygen atoms in total. The van der Waals surface area contributed by atoms with Crippen LogP contribution in [-0.2, 0) is 6.42 Å². The fourth-order valence-corrected chi connectivity index (χ4v) is 3.85. The van der Waals surface area contributed by atoms with Crippen molar-refractivity contribution < 1.29 is 0 Å². The summed E-state index contributed by atoms with van der Waals surface area (Å²) in [7, 11) is 0. The molecular weight excluding hydrogens is 250 g/mol. The van der Waals surface area contributed by atoms with E-state index in [0.717, 1.165) is 19.5 Å². The Hall–Kier alpha value is -1.41. The van der Waals surface area contributed by atoms with Crippen molar-refractivity contribution in [2.24, 2.45) is 0 Å². The molecule has 98 valence electrons. The number of anilines is 1. The van der Waals surface area contributed by atoms with Gasteiger partial charge in [0.25, 0.3) is 0 Å². The summed E-state index contributed by atoms with van der Waals surface area (Å²) in [5.41, 5.74) is 4.36. The lowest BCUT2D eigenvalue weighted by Gasteiger charge is -2.28. The summed E-state index contributed by atoms with van der Waals surface area (Å²) >= 11 is 1.91. The molecule has 1 heterocycles. The highest BCUT2D eigenvalue weighted by molar-refractivity contribution is 7.99. The maximum Gasteiger partial charge on any atom is 0.0413 e. The highest BCUT2D eigenvalue weighted by atomic mass is 32.2. The molecule has 19 heavy (non-hydrogen) atoms. The standard InChI is InChI=1S/C17H19NS/c1-3-18(4-2)15-9-7-11-17-14(15)12-13-8-5-6-10-16(13)19-17/h5-11H,3-4,12H2,1-2H3. The van der Waals surface area contributed by atoms with Gasteiger partial charge >= 0.3 is 0 Å². The summed E-state index contributed by atoms with van der Waals surface area (Å²) in [6.07, 6.45) is 1.06. The van der Waals surface area contributed by atoms with E-state index in [1.165, 1.54) is 26.6 Å². The van der Waals surface area contributed by atoms with Gasteiger partial charge in [0.2, 0.25) is 0 Å². The van der Waals surface area contributed by atoms with Gasteiger partial charge in [0, 0.05) is 35.0 Å². The Balaban J connectivity index is 2.06. The van der Waals surface area contributed by atoms with Crippen molar-refractivity contribution >= 4 is 17.4 Å². The van der Waals surface area contributed by atoms with Crippen molar-refractivity contribution in [2.75, 3.05) is 18.0 Å². The predicted molar refractivity (Wildman–Crippen MR) is 83.4 cm³/mol. The first kappa shape index (κ1) is 12.6. The summed E-state index contributed by atoms with van der Waals surface area (Å²) in [5.74, 6) is 0. The van der Waals surface area contributed by atoms with Crippen molar-refractivity contribution in [1.82, 2.24) is 0 Å². The van der Waals surface area contributed by atoms with E-state index in [0.29, 0.717) is 0 Å². The summed E-state index contributed by atoms with van der Waals surface area (Å²) in [5, 5.41) is 0. The van der Waals surface area contributed by atoms with E-state index in [4.69, 9.17) is 0 Å². The Morgan fingerprint density at radius 2 is 1.68 bits per heavy atom. The largest absolute Gasteiger partial charge is 0.372 e. The van der Waals surface area contributed by atoms with Crippen molar-refractivity contribution in [1.29, 1.82) is 0 Å². The van der Waals surface area contributed by atoms with Gasteiger partial charge in [-0.25, -0.2) is 0 Å². The van der Waals surface area contributed by atoms with Crippen molar-refractivity contribution in [3.05, 3.63) is 53.6 Å². The zero-order valence-electron chi connectivity index (χ0n) is 11.5. The molecule has 0 fully saturated rings. The van der Waals surface area contributed by atoms with Gasteiger partial charge in [0.05, 0.1) is 0 Å². The minimum absolute atomic E-state index is 1.06. The first-order chi connectivity index (χ1) is 9.33. The van der Waals surface area contributed by atoms with Crippen LogP contribution in [0.4, 0.5) is 5.69 Å². The molecule has 0 aliphatic carbocycles. The third kappa shape index (κ3) is 2.25. The van der Waals surface area contributed by atoms with Gasteiger partial charge in [0.15, 0.2) is 0 Å². The van der Waals surface area contributed by atoms with Crippen LogP contribution in [-0.4, -0.2) is 13.1 Å². The first-order valence-electron chi connectivity index (χ1n) is 6.96. The molecule has 0 radical (unpaired) electrons. The van der Waals surface area contributed by atoms with Crippen LogP contribution in [0, 0.1) is 0 Å².